The van der Waals surface area contributed by atoms with E-state index in [9.17, 15) is 8.78 Å². The van der Waals surface area contributed by atoms with Gasteiger partial charge >= 0.3 is 0 Å². The standard InChI is InChI=1S/C13H13F2NO2S/c1-17-13(18-2)11-7-19-12(16-11)5-8-3-9(14)6-10(15)4-8/h3-4,6-7,13H,5H2,1-2H3. The Morgan fingerprint density at radius 2 is 1.79 bits per heavy atom. The third kappa shape index (κ3) is 3.56. The van der Waals surface area contributed by atoms with Gasteiger partial charge in [-0.25, -0.2) is 13.8 Å². The normalized spacial score (nSPS) is 11.2. The van der Waals surface area contributed by atoms with E-state index in [-0.39, 0.29) is 0 Å². The van der Waals surface area contributed by atoms with E-state index in [0.29, 0.717) is 17.7 Å². The molecule has 0 fully saturated rings. The molecule has 1 heterocycles. The SMILES string of the molecule is COC(OC)c1csc(Cc2cc(F)cc(F)c2)n1. The van der Waals surface area contributed by atoms with Gasteiger partial charge in [-0.3, -0.25) is 0 Å². The summed E-state index contributed by atoms with van der Waals surface area (Å²) in [6.45, 7) is 0. The summed E-state index contributed by atoms with van der Waals surface area (Å²) in [7, 11) is 3.05. The first kappa shape index (κ1) is 14.0. The molecule has 0 saturated carbocycles. The molecule has 0 amide bonds. The summed E-state index contributed by atoms with van der Waals surface area (Å²) in [4.78, 5) is 4.33. The van der Waals surface area contributed by atoms with Crippen molar-refractivity contribution in [3.05, 3.63) is 51.5 Å². The lowest BCUT2D eigenvalue weighted by atomic mass is 10.1. The molecule has 0 aliphatic carbocycles. The molecule has 0 unspecified atom stereocenters. The van der Waals surface area contributed by atoms with Gasteiger partial charge in [-0.1, -0.05) is 0 Å². The highest BCUT2D eigenvalue weighted by atomic mass is 32.1. The summed E-state index contributed by atoms with van der Waals surface area (Å²) >= 11 is 1.40. The number of ether oxygens (including phenoxy) is 2. The highest BCUT2D eigenvalue weighted by molar-refractivity contribution is 7.09. The van der Waals surface area contributed by atoms with Crippen molar-refractivity contribution in [3.63, 3.8) is 0 Å². The Balaban J connectivity index is 2.15. The van der Waals surface area contributed by atoms with Gasteiger partial charge in [-0.05, 0) is 17.7 Å². The Morgan fingerprint density at radius 1 is 1.16 bits per heavy atom. The van der Waals surface area contributed by atoms with Crippen molar-refractivity contribution in [3.8, 4) is 0 Å². The van der Waals surface area contributed by atoms with Crippen molar-refractivity contribution < 1.29 is 18.3 Å². The summed E-state index contributed by atoms with van der Waals surface area (Å²) in [5.74, 6) is -1.17. The van der Waals surface area contributed by atoms with Gasteiger partial charge in [-0.15, -0.1) is 11.3 Å². The fourth-order valence-corrected chi connectivity index (χ4v) is 2.57. The fraction of sp³-hybridized carbons (Fsp3) is 0.308. The molecule has 2 aromatic rings. The fourth-order valence-electron chi connectivity index (χ4n) is 1.74. The predicted molar refractivity (Wildman–Crippen MR) is 68.0 cm³/mol. The van der Waals surface area contributed by atoms with Crippen molar-refractivity contribution in [2.75, 3.05) is 14.2 Å². The van der Waals surface area contributed by atoms with Gasteiger partial charge < -0.3 is 9.47 Å². The average molecular weight is 285 g/mol. The number of rotatable bonds is 5. The Bertz CT molecular complexity index is 535. The second kappa shape index (κ2) is 6.18. The van der Waals surface area contributed by atoms with E-state index >= 15 is 0 Å². The highest BCUT2D eigenvalue weighted by Gasteiger charge is 2.13. The molecule has 2 rings (SSSR count). The lowest BCUT2D eigenvalue weighted by Crippen LogP contribution is -2.04. The highest BCUT2D eigenvalue weighted by Crippen LogP contribution is 2.22. The van der Waals surface area contributed by atoms with Gasteiger partial charge in [0.05, 0.1) is 5.01 Å². The number of halogens is 2. The monoisotopic (exact) mass is 285 g/mol. The zero-order chi connectivity index (χ0) is 13.8. The lowest BCUT2D eigenvalue weighted by molar-refractivity contribution is -0.108. The van der Waals surface area contributed by atoms with Gasteiger partial charge in [0.25, 0.3) is 0 Å². The second-order valence-corrected chi connectivity index (χ2v) is 4.87. The molecule has 0 aliphatic heterocycles. The van der Waals surface area contributed by atoms with Crippen LogP contribution in [0.2, 0.25) is 0 Å². The molecule has 1 aromatic carbocycles. The predicted octanol–water partition coefficient (Wildman–Crippen LogP) is 3.30. The van der Waals surface area contributed by atoms with Crippen molar-refractivity contribution in [2.24, 2.45) is 0 Å². The number of thiazole rings is 1. The van der Waals surface area contributed by atoms with E-state index in [1.165, 1.54) is 37.7 Å². The van der Waals surface area contributed by atoms with E-state index in [0.717, 1.165) is 11.1 Å². The van der Waals surface area contributed by atoms with Crippen LogP contribution in [0.4, 0.5) is 8.78 Å². The van der Waals surface area contributed by atoms with Crippen molar-refractivity contribution >= 4 is 11.3 Å². The quantitative estimate of drug-likeness (QED) is 0.790. The lowest BCUT2D eigenvalue weighted by Gasteiger charge is -2.09. The van der Waals surface area contributed by atoms with E-state index < -0.39 is 17.9 Å². The van der Waals surface area contributed by atoms with Crippen molar-refractivity contribution in [1.29, 1.82) is 0 Å². The molecule has 0 radical (unpaired) electrons. The first-order valence-corrected chi connectivity index (χ1v) is 6.45. The maximum Gasteiger partial charge on any atom is 0.201 e. The molecule has 19 heavy (non-hydrogen) atoms. The molecule has 0 aliphatic rings. The van der Waals surface area contributed by atoms with Crippen molar-refractivity contribution in [1.82, 2.24) is 4.98 Å². The largest absolute Gasteiger partial charge is 0.350 e. The van der Waals surface area contributed by atoms with E-state index in [2.05, 4.69) is 4.98 Å². The number of hydrogen-bond donors (Lipinski definition) is 0. The zero-order valence-corrected chi connectivity index (χ0v) is 11.3. The number of nitrogens with zero attached hydrogens (tertiary/aromatic N) is 1. The van der Waals surface area contributed by atoms with Gasteiger partial charge in [-0.2, -0.15) is 0 Å². The Kier molecular flexibility index (Phi) is 4.57. The van der Waals surface area contributed by atoms with E-state index in [1.807, 2.05) is 5.38 Å². The molecule has 3 nitrogen and oxygen atoms in total. The minimum atomic E-state index is -0.585. The molecule has 0 atom stereocenters. The van der Waals surface area contributed by atoms with Crippen LogP contribution in [0, 0.1) is 11.6 Å². The number of benzene rings is 1. The van der Waals surface area contributed by atoms with Crippen LogP contribution in [0.5, 0.6) is 0 Å². The molecule has 0 bridgehead atoms. The van der Waals surface area contributed by atoms with Gasteiger partial charge in [0, 0.05) is 32.1 Å². The van der Waals surface area contributed by atoms with Crippen LogP contribution in [0.1, 0.15) is 22.6 Å². The Labute approximate surface area is 113 Å². The minimum Gasteiger partial charge on any atom is -0.350 e. The maximum absolute atomic E-state index is 13.1. The molecular weight excluding hydrogens is 272 g/mol. The average Bonchev–Trinajstić information content (AvgIpc) is 2.78. The van der Waals surface area contributed by atoms with Crippen LogP contribution in [-0.2, 0) is 15.9 Å². The van der Waals surface area contributed by atoms with Crippen LogP contribution in [0.15, 0.2) is 23.6 Å². The molecular formula is C13H13F2NO2S. The van der Waals surface area contributed by atoms with Gasteiger partial charge in [0.2, 0.25) is 6.29 Å². The molecule has 1 aromatic heterocycles. The summed E-state index contributed by atoms with van der Waals surface area (Å²) in [6, 6.07) is 3.45. The smallest absolute Gasteiger partial charge is 0.201 e. The van der Waals surface area contributed by atoms with Crippen LogP contribution < -0.4 is 0 Å². The third-order valence-corrected chi connectivity index (χ3v) is 3.38. The van der Waals surface area contributed by atoms with Crippen LogP contribution in [-0.4, -0.2) is 19.2 Å². The molecule has 0 spiro atoms. The molecule has 0 N–H and O–H groups in total. The maximum atomic E-state index is 13.1. The van der Waals surface area contributed by atoms with Crippen LogP contribution in [0.3, 0.4) is 0 Å². The Hall–Kier alpha value is -1.37. The molecule has 0 saturated heterocycles. The molecule has 6 heteroatoms. The molecule has 102 valence electrons. The Morgan fingerprint density at radius 3 is 2.37 bits per heavy atom. The number of methoxy groups -OCH3 is 2. The third-order valence-electron chi connectivity index (χ3n) is 2.52. The number of hydrogen-bond acceptors (Lipinski definition) is 4. The first-order chi connectivity index (χ1) is 9.12. The summed E-state index contributed by atoms with van der Waals surface area (Å²) in [5.41, 5.74) is 1.20. The van der Waals surface area contributed by atoms with Crippen LogP contribution in [0.25, 0.3) is 0 Å². The topological polar surface area (TPSA) is 31.4 Å². The second-order valence-electron chi connectivity index (χ2n) is 3.92. The van der Waals surface area contributed by atoms with E-state index in [1.54, 1.807) is 0 Å². The summed E-state index contributed by atoms with van der Waals surface area (Å²) in [6.07, 6.45) is -0.145. The number of aromatic nitrogens is 1. The summed E-state index contributed by atoms with van der Waals surface area (Å²) < 4.78 is 36.3. The van der Waals surface area contributed by atoms with E-state index in [4.69, 9.17) is 9.47 Å². The van der Waals surface area contributed by atoms with Gasteiger partial charge in [0.15, 0.2) is 0 Å². The van der Waals surface area contributed by atoms with Gasteiger partial charge in [0.1, 0.15) is 17.3 Å². The van der Waals surface area contributed by atoms with Crippen LogP contribution >= 0.6 is 11.3 Å². The zero-order valence-electron chi connectivity index (χ0n) is 10.5. The van der Waals surface area contributed by atoms with Crippen molar-refractivity contribution in [2.45, 2.75) is 12.7 Å². The first-order valence-electron chi connectivity index (χ1n) is 5.57. The summed E-state index contributed by atoms with van der Waals surface area (Å²) in [5, 5.41) is 2.56. The minimum absolute atomic E-state index is 0.374.